The van der Waals surface area contributed by atoms with Crippen LogP contribution in [-0.4, -0.2) is 10.7 Å². The van der Waals surface area contributed by atoms with E-state index in [1.807, 2.05) is 0 Å². The highest BCUT2D eigenvalue weighted by Crippen LogP contribution is 2.68. The third-order valence-corrected chi connectivity index (χ3v) is 11.1. The van der Waals surface area contributed by atoms with Crippen molar-refractivity contribution in [3.63, 3.8) is 0 Å². The van der Waals surface area contributed by atoms with Crippen LogP contribution in [0.5, 0.6) is 0 Å². The van der Waals surface area contributed by atoms with Crippen molar-refractivity contribution in [2.24, 2.45) is 52.3 Å². The van der Waals surface area contributed by atoms with Crippen LogP contribution in [0.2, 0.25) is 0 Å². The van der Waals surface area contributed by atoms with Gasteiger partial charge in [0.15, 0.2) is 0 Å². The third kappa shape index (κ3) is 3.60. The van der Waals surface area contributed by atoms with E-state index in [0.717, 1.165) is 48.3 Å². The number of hydrogen-bond donors (Lipinski definition) is 1. The van der Waals surface area contributed by atoms with Crippen LogP contribution in [0.15, 0.2) is 0 Å². The van der Waals surface area contributed by atoms with Gasteiger partial charge < -0.3 is 5.11 Å². The summed E-state index contributed by atoms with van der Waals surface area (Å²) in [5.41, 5.74) is 0.630. The topological polar surface area (TPSA) is 20.2 Å². The van der Waals surface area contributed by atoms with E-state index in [9.17, 15) is 5.11 Å². The van der Waals surface area contributed by atoms with E-state index >= 15 is 0 Å². The first-order valence-corrected chi connectivity index (χ1v) is 12.8. The van der Waals surface area contributed by atoms with Crippen LogP contribution < -0.4 is 0 Å². The van der Waals surface area contributed by atoms with Gasteiger partial charge in [-0.2, -0.15) is 0 Å². The van der Waals surface area contributed by atoms with Gasteiger partial charge in [-0.05, 0) is 124 Å². The molecule has 0 aromatic heterocycles. The molecule has 0 aromatic rings. The summed E-state index contributed by atoms with van der Waals surface area (Å²) in [6.07, 6.45) is 20.0. The second kappa shape index (κ2) is 7.58. The van der Waals surface area contributed by atoms with Crippen LogP contribution in [-0.2, 0) is 0 Å². The van der Waals surface area contributed by atoms with Gasteiger partial charge in [0.1, 0.15) is 0 Å². The van der Waals surface area contributed by atoms with Crippen molar-refractivity contribution in [2.45, 2.75) is 111 Å². The molecule has 0 radical (unpaired) electrons. The normalized spacial score (nSPS) is 51.3. The zero-order valence-electron chi connectivity index (χ0n) is 19.8. The summed E-state index contributed by atoms with van der Waals surface area (Å²) >= 11 is 0. The average molecular weight is 399 g/mol. The van der Waals surface area contributed by atoms with Crippen LogP contribution in [0, 0.1) is 64.6 Å². The molecule has 4 rings (SSSR count). The van der Waals surface area contributed by atoms with Crippen molar-refractivity contribution >= 4 is 0 Å². The van der Waals surface area contributed by atoms with Gasteiger partial charge in [0.05, 0.1) is 5.60 Å². The summed E-state index contributed by atoms with van der Waals surface area (Å²) < 4.78 is 0. The summed E-state index contributed by atoms with van der Waals surface area (Å²) in [6.45, 7) is 12.1. The molecule has 164 valence electrons. The minimum absolute atomic E-state index is 0.413. The van der Waals surface area contributed by atoms with E-state index in [2.05, 4.69) is 40.5 Å². The second-order valence-corrected chi connectivity index (χ2v) is 12.7. The predicted octanol–water partition coefficient (Wildman–Crippen LogP) is 7.08. The molecular formula is C28H46O. The zero-order valence-corrected chi connectivity index (χ0v) is 19.8. The molecule has 0 heterocycles. The second-order valence-electron chi connectivity index (χ2n) is 12.7. The SMILES string of the molecule is C#CC(C)CCC(C)C1CCC2C3CCC4CC(C)(O)CCC4(C)C3CCC12C. The minimum atomic E-state index is -0.413. The average Bonchev–Trinajstić information content (AvgIpc) is 3.03. The lowest BCUT2D eigenvalue weighted by Crippen LogP contribution is -2.55. The van der Waals surface area contributed by atoms with Gasteiger partial charge in [0.25, 0.3) is 0 Å². The van der Waals surface area contributed by atoms with Crippen molar-refractivity contribution in [3.05, 3.63) is 0 Å². The lowest BCUT2D eigenvalue weighted by Gasteiger charge is -2.62. The largest absolute Gasteiger partial charge is 0.390 e. The minimum Gasteiger partial charge on any atom is -0.390 e. The molecule has 0 aliphatic heterocycles. The fourth-order valence-corrected chi connectivity index (χ4v) is 9.20. The molecule has 0 aromatic carbocycles. The Morgan fingerprint density at radius 2 is 1.62 bits per heavy atom. The highest BCUT2D eigenvalue weighted by atomic mass is 16.3. The zero-order chi connectivity index (χ0) is 21.0. The van der Waals surface area contributed by atoms with Crippen LogP contribution in [0.1, 0.15) is 105 Å². The Morgan fingerprint density at radius 3 is 2.34 bits per heavy atom. The van der Waals surface area contributed by atoms with Crippen molar-refractivity contribution in [3.8, 4) is 12.3 Å². The van der Waals surface area contributed by atoms with Crippen molar-refractivity contribution in [1.29, 1.82) is 0 Å². The van der Waals surface area contributed by atoms with Gasteiger partial charge in [-0.15, -0.1) is 12.3 Å². The van der Waals surface area contributed by atoms with E-state index in [1.54, 1.807) is 0 Å². The molecule has 0 saturated heterocycles. The van der Waals surface area contributed by atoms with Crippen molar-refractivity contribution in [1.82, 2.24) is 0 Å². The van der Waals surface area contributed by atoms with E-state index in [-0.39, 0.29) is 0 Å². The molecule has 1 N–H and O–H groups in total. The fraction of sp³-hybridized carbons (Fsp3) is 0.929. The number of aliphatic hydroxyl groups is 1. The molecule has 10 unspecified atom stereocenters. The molecule has 0 bridgehead atoms. The van der Waals surface area contributed by atoms with Crippen LogP contribution >= 0.6 is 0 Å². The standard InChI is InChI=1S/C28H46O/c1-7-19(2)8-9-20(3)23-12-13-24-22-11-10-21-18-26(4,29)16-17-27(21,5)25(22)14-15-28(23,24)6/h1,19-25,29H,8-18H2,2-6H3. The Labute approximate surface area is 180 Å². The molecule has 0 amide bonds. The Kier molecular flexibility index (Phi) is 5.69. The summed E-state index contributed by atoms with van der Waals surface area (Å²) in [6, 6.07) is 0. The smallest absolute Gasteiger partial charge is 0.0622 e. The highest BCUT2D eigenvalue weighted by molar-refractivity contribution is 5.10. The Hall–Kier alpha value is -0.480. The van der Waals surface area contributed by atoms with Gasteiger partial charge in [-0.25, -0.2) is 0 Å². The van der Waals surface area contributed by atoms with Gasteiger partial charge in [0, 0.05) is 5.92 Å². The van der Waals surface area contributed by atoms with E-state index < -0.39 is 5.60 Å². The molecule has 1 nitrogen and oxygen atoms in total. The maximum Gasteiger partial charge on any atom is 0.0622 e. The Balaban J connectivity index is 1.49. The Bertz CT molecular complexity index is 643. The number of rotatable bonds is 4. The maximum absolute atomic E-state index is 10.7. The van der Waals surface area contributed by atoms with E-state index in [4.69, 9.17) is 6.42 Å². The van der Waals surface area contributed by atoms with Gasteiger partial charge in [-0.3, -0.25) is 0 Å². The molecular weight excluding hydrogens is 352 g/mol. The molecule has 1 heteroatoms. The first kappa shape index (κ1) is 21.7. The van der Waals surface area contributed by atoms with Gasteiger partial charge in [0.2, 0.25) is 0 Å². The van der Waals surface area contributed by atoms with Gasteiger partial charge >= 0.3 is 0 Å². The van der Waals surface area contributed by atoms with Crippen LogP contribution in [0.3, 0.4) is 0 Å². The monoisotopic (exact) mass is 398 g/mol. The van der Waals surface area contributed by atoms with Crippen molar-refractivity contribution < 1.29 is 5.11 Å². The summed E-state index contributed by atoms with van der Waals surface area (Å²) in [5.74, 6) is 8.62. The third-order valence-electron chi connectivity index (χ3n) is 11.1. The molecule has 0 spiro atoms. The first-order chi connectivity index (χ1) is 13.6. The predicted molar refractivity (Wildman–Crippen MR) is 122 cm³/mol. The van der Waals surface area contributed by atoms with Crippen LogP contribution in [0.25, 0.3) is 0 Å². The lowest BCUT2D eigenvalue weighted by atomic mass is 9.43. The first-order valence-electron chi connectivity index (χ1n) is 12.8. The quantitative estimate of drug-likeness (QED) is 0.501. The molecule has 29 heavy (non-hydrogen) atoms. The number of hydrogen-bond acceptors (Lipinski definition) is 1. The molecule has 4 aliphatic rings. The Morgan fingerprint density at radius 1 is 0.897 bits per heavy atom. The summed E-state index contributed by atoms with van der Waals surface area (Å²) in [7, 11) is 0. The maximum atomic E-state index is 10.7. The van der Waals surface area contributed by atoms with Crippen molar-refractivity contribution in [2.75, 3.05) is 0 Å². The van der Waals surface area contributed by atoms with E-state index in [1.165, 1.54) is 57.8 Å². The summed E-state index contributed by atoms with van der Waals surface area (Å²) in [4.78, 5) is 0. The molecule has 4 saturated carbocycles. The lowest BCUT2D eigenvalue weighted by molar-refractivity contribution is -0.148. The highest BCUT2D eigenvalue weighted by Gasteiger charge is 2.61. The summed E-state index contributed by atoms with van der Waals surface area (Å²) in [5, 5.41) is 10.7. The van der Waals surface area contributed by atoms with Gasteiger partial charge in [-0.1, -0.05) is 27.7 Å². The number of terminal acetylenes is 1. The molecule has 4 fully saturated rings. The van der Waals surface area contributed by atoms with Crippen LogP contribution in [0.4, 0.5) is 0 Å². The number of fused-ring (bicyclic) bond motifs is 5. The fourth-order valence-electron chi connectivity index (χ4n) is 9.20. The molecule has 4 aliphatic carbocycles. The molecule has 10 atom stereocenters. The van der Waals surface area contributed by atoms with E-state index in [0.29, 0.717) is 16.7 Å².